The normalized spacial score (nSPS) is 14.5. The summed E-state index contributed by atoms with van der Waals surface area (Å²) in [6.07, 6.45) is 0.677. The van der Waals surface area contributed by atoms with Crippen molar-refractivity contribution in [3.05, 3.63) is 23.8 Å². The van der Waals surface area contributed by atoms with E-state index >= 15 is 0 Å². The van der Waals surface area contributed by atoms with Gasteiger partial charge in [-0.1, -0.05) is 13.8 Å². The summed E-state index contributed by atoms with van der Waals surface area (Å²) in [4.78, 5) is 0. The molecule has 96 valence electrons. The fraction of sp³-hybridized carbons (Fsp3) is 0.571. The van der Waals surface area contributed by atoms with E-state index in [9.17, 15) is 5.11 Å². The van der Waals surface area contributed by atoms with Crippen molar-refractivity contribution in [1.82, 2.24) is 0 Å². The zero-order chi connectivity index (χ0) is 13.1. The fourth-order valence-electron chi connectivity index (χ4n) is 2.14. The number of benzene rings is 1. The van der Waals surface area contributed by atoms with Gasteiger partial charge in [0.05, 0.1) is 19.8 Å². The summed E-state index contributed by atoms with van der Waals surface area (Å²) in [5.41, 5.74) is -0.137. The molecule has 0 saturated carbocycles. The van der Waals surface area contributed by atoms with Crippen LogP contribution in [-0.4, -0.2) is 19.3 Å². The Bertz CT molecular complexity index is 370. The van der Waals surface area contributed by atoms with Gasteiger partial charge in [-0.15, -0.1) is 0 Å². The van der Waals surface area contributed by atoms with Crippen LogP contribution in [0.2, 0.25) is 0 Å². The van der Waals surface area contributed by atoms with E-state index in [2.05, 4.69) is 13.8 Å². The van der Waals surface area contributed by atoms with Crippen molar-refractivity contribution in [2.45, 2.75) is 32.8 Å². The van der Waals surface area contributed by atoms with E-state index in [0.29, 0.717) is 18.1 Å². The monoisotopic (exact) mass is 238 g/mol. The molecule has 1 unspecified atom stereocenters. The second kappa shape index (κ2) is 5.41. The van der Waals surface area contributed by atoms with E-state index in [-0.39, 0.29) is 0 Å². The number of hydrogen-bond donors (Lipinski definition) is 1. The second-order valence-corrected chi connectivity index (χ2v) is 4.94. The van der Waals surface area contributed by atoms with Gasteiger partial charge in [0.25, 0.3) is 0 Å². The molecule has 0 bridgehead atoms. The highest BCUT2D eigenvalue weighted by atomic mass is 16.5. The van der Waals surface area contributed by atoms with Crippen molar-refractivity contribution >= 4 is 0 Å². The molecule has 1 rings (SSSR count). The van der Waals surface area contributed by atoms with Gasteiger partial charge < -0.3 is 14.6 Å². The maximum absolute atomic E-state index is 10.6. The number of rotatable bonds is 5. The van der Waals surface area contributed by atoms with E-state index in [1.54, 1.807) is 14.2 Å². The average Bonchev–Trinajstić information content (AvgIpc) is 2.26. The van der Waals surface area contributed by atoms with Gasteiger partial charge >= 0.3 is 0 Å². The topological polar surface area (TPSA) is 38.7 Å². The highest BCUT2D eigenvalue weighted by molar-refractivity contribution is 5.43. The molecule has 0 heterocycles. The molecule has 0 saturated heterocycles. The number of aliphatic hydroxyl groups is 1. The van der Waals surface area contributed by atoms with Crippen molar-refractivity contribution in [2.24, 2.45) is 5.92 Å². The summed E-state index contributed by atoms with van der Waals surface area (Å²) >= 11 is 0. The van der Waals surface area contributed by atoms with Gasteiger partial charge in [0.2, 0.25) is 0 Å². The molecule has 0 aliphatic rings. The summed E-state index contributed by atoms with van der Waals surface area (Å²) in [7, 11) is 3.22. The minimum Gasteiger partial charge on any atom is -0.497 e. The minimum atomic E-state index is -0.909. The predicted molar refractivity (Wildman–Crippen MR) is 68.6 cm³/mol. The van der Waals surface area contributed by atoms with Gasteiger partial charge in [-0.2, -0.15) is 0 Å². The lowest BCUT2D eigenvalue weighted by Gasteiger charge is -2.27. The van der Waals surface area contributed by atoms with Gasteiger partial charge in [-0.05, 0) is 37.5 Å². The van der Waals surface area contributed by atoms with E-state index in [4.69, 9.17) is 9.47 Å². The van der Waals surface area contributed by atoms with E-state index in [1.807, 2.05) is 25.1 Å². The number of hydrogen-bond acceptors (Lipinski definition) is 3. The van der Waals surface area contributed by atoms with E-state index in [0.717, 1.165) is 11.3 Å². The van der Waals surface area contributed by atoms with Crippen LogP contribution in [0.4, 0.5) is 0 Å². The smallest absolute Gasteiger partial charge is 0.125 e. The Morgan fingerprint density at radius 2 is 1.88 bits per heavy atom. The van der Waals surface area contributed by atoms with Crippen LogP contribution in [0.3, 0.4) is 0 Å². The van der Waals surface area contributed by atoms with Crippen LogP contribution in [0.15, 0.2) is 18.2 Å². The predicted octanol–water partition coefficient (Wildman–Crippen LogP) is 2.96. The second-order valence-electron chi connectivity index (χ2n) is 4.94. The molecule has 1 aromatic carbocycles. The first kappa shape index (κ1) is 13.8. The van der Waals surface area contributed by atoms with Crippen LogP contribution >= 0.6 is 0 Å². The molecule has 0 fully saturated rings. The van der Waals surface area contributed by atoms with Gasteiger partial charge in [0.15, 0.2) is 0 Å². The molecule has 3 heteroatoms. The number of methoxy groups -OCH3 is 2. The Balaban J connectivity index is 3.16. The first-order valence-electron chi connectivity index (χ1n) is 5.85. The Morgan fingerprint density at radius 3 is 2.35 bits per heavy atom. The molecule has 3 nitrogen and oxygen atoms in total. The maximum Gasteiger partial charge on any atom is 0.125 e. The standard InChI is InChI=1S/C14H22O3/c1-10(2)9-14(3,15)12-8-11(16-4)6-7-13(12)17-5/h6-8,10,15H,9H2,1-5H3. The molecule has 0 aliphatic carbocycles. The minimum absolute atomic E-state index is 0.404. The lowest BCUT2D eigenvalue weighted by molar-refractivity contribution is 0.0323. The zero-order valence-corrected chi connectivity index (χ0v) is 11.3. The van der Waals surface area contributed by atoms with Crippen LogP contribution in [0.1, 0.15) is 32.8 Å². The largest absolute Gasteiger partial charge is 0.497 e. The third-order valence-corrected chi connectivity index (χ3v) is 2.79. The summed E-state index contributed by atoms with van der Waals surface area (Å²) in [5.74, 6) is 1.82. The van der Waals surface area contributed by atoms with Crippen molar-refractivity contribution in [3.63, 3.8) is 0 Å². The molecule has 0 spiro atoms. The Hall–Kier alpha value is -1.22. The number of ether oxygens (including phenoxy) is 2. The van der Waals surface area contributed by atoms with Gasteiger partial charge in [-0.25, -0.2) is 0 Å². The zero-order valence-electron chi connectivity index (χ0n) is 11.3. The lowest BCUT2D eigenvalue weighted by Crippen LogP contribution is -2.24. The Kier molecular flexibility index (Phi) is 4.40. The molecule has 0 aliphatic heterocycles. The van der Waals surface area contributed by atoms with E-state index in [1.165, 1.54) is 0 Å². The summed E-state index contributed by atoms with van der Waals surface area (Å²) in [6.45, 7) is 5.98. The SMILES string of the molecule is COc1ccc(OC)c(C(C)(O)CC(C)C)c1. The summed E-state index contributed by atoms with van der Waals surface area (Å²) < 4.78 is 10.5. The van der Waals surface area contributed by atoms with Crippen LogP contribution < -0.4 is 9.47 Å². The van der Waals surface area contributed by atoms with Crippen LogP contribution in [0, 0.1) is 5.92 Å². The molecule has 1 N–H and O–H groups in total. The molecule has 0 radical (unpaired) electrons. The highest BCUT2D eigenvalue weighted by Crippen LogP contribution is 2.36. The third-order valence-electron chi connectivity index (χ3n) is 2.79. The van der Waals surface area contributed by atoms with Crippen molar-refractivity contribution in [3.8, 4) is 11.5 Å². The van der Waals surface area contributed by atoms with Gasteiger partial charge in [0.1, 0.15) is 11.5 Å². The first-order valence-corrected chi connectivity index (χ1v) is 5.85. The highest BCUT2D eigenvalue weighted by Gasteiger charge is 2.28. The third kappa shape index (κ3) is 3.37. The van der Waals surface area contributed by atoms with E-state index < -0.39 is 5.60 Å². The molecule has 1 aromatic rings. The molecule has 1 atom stereocenters. The summed E-state index contributed by atoms with van der Waals surface area (Å²) in [5, 5.41) is 10.6. The van der Waals surface area contributed by atoms with Crippen LogP contribution in [0.5, 0.6) is 11.5 Å². The molecule has 0 amide bonds. The van der Waals surface area contributed by atoms with Crippen LogP contribution in [-0.2, 0) is 5.60 Å². The summed E-state index contributed by atoms with van der Waals surface area (Å²) in [6, 6.07) is 5.48. The average molecular weight is 238 g/mol. The molecular weight excluding hydrogens is 216 g/mol. The van der Waals surface area contributed by atoms with Gasteiger partial charge in [0, 0.05) is 5.56 Å². The fourth-order valence-corrected chi connectivity index (χ4v) is 2.14. The lowest BCUT2D eigenvalue weighted by atomic mass is 9.87. The molecule has 17 heavy (non-hydrogen) atoms. The molecular formula is C14H22O3. The first-order chi connectivity index (χ1) is 7.90. The van der Waals surface area contributed by atoms with Crippen molar-refractivity contribution in [2.75, 3.05) is 14.2 Å². The Labute approximate surface area is 103 Å². The maximum atomic E-state index is 10.6. The quantitative estimate of drug-likeness (QED) is 0.857. The Morgan fingerprint density at radius 1 is 1.24 bits per heavy atom. The molecule has 0 aromatic heterocycles. The van der Waals surface area contributed by atoms with Crippen molar-refractivity contribution < 1.29 is 14.6 Å². The van der Waals surface area contributed by atoms with Crippen molar-refractivity contribution in [1.29, 1.82) is 0 Å². The van der Waals surface area contributed by atoms with Gasteiger partial charge in [-0.3, -0.25) is 0 Å². The van der Waals surface area contributed by atoms with Crippen LogP contribution in [0.25, 0.3) is 0 Å².